The molecule has 0 saturated carbocycles. The molecule has 0 N–H and O–H groups in total. The number of carbonyl (C=O) groups is 2. The van der Waals surface area contributed by atoms with Crippen LogP contribution < -0.4 is 14.8 Å². The zero-order valence-corrected chi connectivity index (χ0v) is 45.8. The predicted octanol–water partition coefficient (Wildman–Crippen LogP) is 15.3. The SMILES string of the molecule is CCCCCCCCCCCCCCN(CCCCCCCCCCCCCC)C(=O)COCCOCCOC(=O)c1ccccc1-c1c2ccc(=[N+](CC)CC)cc-2oc2cc(N(CC)CC)ccc12. The van der Waals surface area contributed by atoms with Crippen molar-refractivity contribution in [3.63, 3.8) is 0 Å². The summed E-state index contributed by atoms with van der Waals surface area (Å²) in [6.07, 6.45) is 31.4. The van der Waals surface area contributed by atoms with Gasteiger partial charge in [0.25, 0.3) is 0 Å². The summed E-state index contributed by atoms with van der Waals surface area (Å²) in [5.74, 6) is 0.431. The molecule has 0 fully saturated rings. The van der Waals surface area contributed by atoms with E-state index in [1.807, 2.05) is 29.2 Å². The van der Waals surface area contributed by atoms with Gasteiger partial charge in [-0.25, -0.2) is 9.37 Å². The predicted molar refractivity (Wildman–Crippen MR) is 299 cm³/mol. The lowest BCUT2D eigenvalue weighted by molar-refractivity contribution is -0.136. The summed E-state index contributed by atoms with van der Waals surface area (Å²) in [6, 6.07) is 20.4. The number of fused-ring (bicyclic) bond motifs is 2. The second kappa shape index (κ2) is 36.7. The van der Waals surface area contributed by atoms with Gasteiger partial charge in [-0.15, -0.1) is 0 Å². The van der Waals surface area contributed by atoms with Crippen LogP contribution in [-0.4, -0.2) is 89.1 Å². The Labute approximate surface area is 431 Å². The molecule has 0 unspecified atom stereocenters. The van der Waals surface area contributed by atoms with Crippen LogP contribution in [0.15, 0.2) is 65.1 Å². The van der Waals surface area contributed by atoms with Crippen LogP contribution in [0.1, 0.15) is 206 Å². The minimum absolute atomic E-state index is 0.0648. The normalized spacial score (nSPS) is 11.5. The molecule has 9 nitrogen and oxygen atoms in total. The summed E-state index contributed by atoms with van der Waals surface area (Å²) in [6.45, 7) is 19.4. The van der Waals surface area contributed by atoms with Crippen molar-refractivity contribution in [3.8, 4) is 22.5 Å². The van der Waals surface area contributed by atoms with Crippen molar-refractivity contribution in [1.29, 1.82) is 0 Å². The lowest BCUT2D eigenvalue weighted by Crippen LogP contribution is -2.36. The van der Waals surface area contributed by atoms with Crippen LogP contribution in [0.4, 0.5) is 5.69 Å². The van der Waals surface area contributed by atoms with E-state index in [-0.39, 0.29) is 25.7 Å². The largest absolute Gasteiger partial charge is 0.460 e. The van der Waals surface area contributed by atoms with Crippen molar-refractivity contribution in [2.75, 3.05) is 77.2 Å². The molecule has 1 aliphatic heterocycles. The van der Waals surface area contributed by atoms with Crippen LogP contribution in [0.5, 0.6) is 0 Å². The van der Waals surface area contributed by atoms with E-state index in [0.717, 1.165) is 96.6 Å². The van der Waals surface area contributed by atoms with E-state index in [9.17, 15) is 9.59 Å². The molecule has 0 saturated heterocycles. The molecule has 1 aliphatic carbocycles. The monoisotopic (exact) mass is 981 g/mol. The average molecular weight is 981 g/mol. The van der Waals surface area contributed by atoms with Crippen LogP contribution in [0.3, 0.4) is 0 Å². The fourth-order valence-corrected chi connectivity index (χ4v) is 10.00. The van der Waals surface area contributed by atoms with Gasteiger partial charge in [-0.2, -0.15) is 0 Å². The van der Waals surface area contributed by atoms with Crippen molar-refractivity contribution >= 4 is 28.5 Å². The maximum Gasteiger partial charge on any atom is 0.338 e. The molecule has 2 aromatic carbocycles. The fourth-order valence-electron chi connectivity index (χ4n) is 10.00. The molecule has 0 radical (unpaired) electrons. The highest BCUT2D eigenvalue weighted by Crippen LogP contribution is 2.42. The van der Waals surface area contributed by atoms with Crippen LogP contribution in [0.25, 0.3) is 33.4 Å². The number of benzene rings is 3. The topological polar surface area (TPSA) is 84.5 Å². The first-order chi connectivity index (χ1) is 34.9. The maximum atomic E-state index is 13.8. The summed E-state index contributed by atoms with van der Waals surface area (Å²) < 4.78 is 26.5. The van der Waals surface area contributed by atoms with Gasteiger partial charge in [-0.3, -0.25) is 4.79 Å². The van der Waals surface area contributed by atoms with Crippen LogP contribution in [0, 0.1) is 0 Å². The second-order valence-corrected chi connectivity index (χ2v) is 19.7. The summed E-state index contributed by atoms with van der Waals surface area (Å²) in [4.78, 5) is 31.7. The molecule has 9 heteroatoms. The number of hydrogen-bond donors (Lipinski definition) is 0. The molecular weight excluding hydrogens is 883 g/mol. The Morgan fingerprint density at radius 2 is 1.06 bits per heavy atom. The summed E-state index contributed by atoms with van der Waals surface area (Å²) in [5.41, 5.74) is 5.01. The molecule has 1 heterocycles. The third kappa shape index (κ3) is 21.4. The molecule has 2 aromatic rings. The van der Waals surface area contributed by atoms with Gasteiger partial charge in [-0.05, 0) is 70.4 Å². The van der Waals surface area contributed by atoms with Crippen molar-refractivity contribution in [2.24, 2.45) is 0 Å². The number of amides is 1. The van der Waals surface area contributed by atoms with Gasteiger partial charge in [0.15, 0.2) is 0 Å². The Morgan fingerprint density at radius 1 is 0.535 bits per heavy atom. The molecule has 0 spiro atoms. The van der Waals surface area contributed by atoms with E-state index in [2.05, 4.69) is 87.4 Å². The lowest BCUT2D eigenvalue weighted by Gasteiger charge is -2.23. The van der Waals surface area contributed by atoms with E-state index in [1.54, 1.807) is 0 Å². The standard InChI is InChI=1S/C62H98N3O6/c1-7-13-15-17-19-21-23-25-27-29-31-35-43-65(44-36-32-30-28-26-24-22-20-18-16-14-8-2)60(66)51-69-46-45-68-47-48-70-62(67)55-38-34-33-37-54(55)61-56-41-39-52(63(9-3)10-4)49-58(56)71-59-50-53(40-42-57(59)61)64(11-5)12-6/h33-34,37-42,49-50H,7-32,35-36,43-48,51H2,1-6H3/q+1. The summed E-state index contributed by atoms with van der Waals surface area (Å²) >= 11 is 0. The van der Waals surface area contributed by atoms with Crippen molar-refractivity contribution < 1.29 is 28.2 Å². The van der Waals surface area contributed by atoms with Gasteiger partial charge in [-0.1, -0.05) is 173 Å². The number of rotatable bonds is 41. The second-order valence-electron chi connectivity index (χ2n) is 19.7. The highest BCUT2D eigenvalue weighted by Gasteiger charge is 2.24. The Kier molecular flexibility index (Phi) is 30.6. The number of hydrogen-bond acceptors (Lipinski definition) is 7. The smallest absolute Gasteiger partial charge is 0.338 e. The third-order valence-corrected chi connectivity index (χ3v) is 14.3. The molecule has 4 rings (SSSR count). The van der Waals surface area contributed by atoms with Gasteiger partial charge in [0.1, 0.15) is 37.6 Å². The number of anilines is 1. The molecule has 71 heavy (non-hydrogen) atoms. The molecule has 0 aromatic heterocycles. The van der Waals surface area contributed by atoms with Gasteiger partial charge in [0, 0.05) is 60.5 Å². The number of carbonyl (C=O) groups excluding carboxylic acids is 2. The zero-order chi connectivity index (χ0) is 50.7. The van der Waals surface area contributed by atoms with Crippen LogP contribution >= 0.6 is 0 Å². The minimum atomic E-state index is -0.408. The van der Waals surface area contributed by atoms with E-state index in [4.69, 9.17) is 18.6 Å². The van der Waals surface area contributed by atoms with E-state index < -0.39 is 5.97 Å². The van der Waals surface area contributed by atoms with Crippen LogP contribution in [-0.2, 0) is 19.0 Å². The summed E-state index contributed by atoms with van der Waals surface area (Å²) in [5, 5.41) is 2.03. The van der Waals surface area contributed by atoms with E-state index in [0.29, 0.717) is 18.8 Å². The number of nitrogens with zero attached hydrogens (tertiary/aromatic N) is 3. The molecule has 2 aliphatic rings. The van der Waals surface area contributed by atoms with Gasteiger partial charge in [0.2, 0.25) is 11.3 Å². The third-order valence-electron chi connectivity index (χ3n) is 14.3. The molecular formula is C62H98N3O6+. The lowest BCUT2D eigenvalue weighted by atomic mass is 9.90. The molecule has 0 bridgehead atoms. The highest BCUT2D eigenvalue weighted by atomic mass is 16.6. The van der Waals surface area contributed by atoms with E-state index in [1.165, 1.54) is 141 Å². The Bertz CT molecular complexity index is 2060. The van der Waals surface area contributed by atoms with Crippen molar-refractivity contribution in [3.05, 3.63) is 71.6 Å². The maximum absolute atomic E-state index is 13.8. The van der Waals surface area contributed by atoms with E-state index >= 15 is 0 Å². The first-order valence-electron chi connectivity index (χ1n) is 28.9. The zero-order valence-electron chi connectivity index (χ0n) is 45.8. The molecule has 1 amide bonds. The minimum Gasteiger partial charge on any atom is -0.460 e. The Morgan fingerprint density at radius 3 is 1.61 bits per heavy atom. The van der Waals surface area contributed by atoms with Gasteiger partial charge in [0.05, 0.1) is 31.5 Å². The Balaban J connectivity index is 1.26. The molecule has 0 atom stereocenters. The van der Waals surface area contributed by atoms with Crippen molar-refractivity contribution in [1.82, 2.24) is 9.48 Å². The Hall–Kier alpha value is -4.21. The van der Waals surface area contributed by atoms with Crippen LogP contribution in [0.2, 0.25) is 0 Å². The van der Waals surface area contributed by atoms with Gasteiger partial charge >= 0.3 is 5.97 Å². The highest BCUT2D eigenvalue weighted by molar-refractivity contribution is 6.08. The first kappa shape index (κ1) is 59.4. The molecule has 396 valence electrons. The fraction of sp³-hybridized carbons (Fsp3) is 0.661. The average Bonchev–Trinajstić information content (AvgIpc) is 3.39. The number of ether oxygens (including phenoxy) is 3. The van der Waals surface area contributed by atoms with Gasteiger partial charge < -0.3 is 28.4 Å². The number of esters is 1. The summed E-state index contributed by atoms with van der Waals surface area (Å²) in [7, 11) is 0. The van der Waals surface area contributed by atoms with Crippen molar-refractivity contribution in [2.45, 2.75) is 196 Å². The quantitative estimate of drug-likeness (QED) is 0.0190. The first-order valence-corrected chi connectivity index (χ1v) is 28.9. The number of unbranched alkanes of at least 4 members (excludes halogenated alkanes) is 22.